The van der Waals surface area contributed by atoms with Crippen LogP contribution in [0.5, 0.6) is 0 Å². The van der Waals surface area contributed by atoms with Crippen molar-refractivity contribution in [2.75, 3.05) is 40.4 Å². The van der Waals surface area contributed by atoms with Crippen molar-refractivity contribution in [2.45, 2.75) is 13.0 Å². The predicted molar refractivity (Wildman–Crippen MR) is 70.2 cm³/mol. The Kier molecular flexibility index (Phi) is 5.75. The summed E-state index contributed by atoms with van der Waals surface area (Å²) in [6.45, 7) is 2.35. The lowest BCUT2D eigenvalue weighted by atomic mass is 10.0. The number of ether oxygens (including phenoxy) is 1. The second-order valence-corrected chi connectivity index (χ2v) is 4.63. The van der Waals surface area contributed by atoms with Gasteiger partial charge in [0.2, 0.25) is 5.91 Å². The molecule has 0 bridgehead atoms. The van der Waals surface area contributed by atoms with Crippen molar-refractivity contribution in [3.05, 3.63) is 0 Å². The minimum atomic E-state index is -0.985. The van der Waals surface area contributed by atoms with Gasteiger partial charge in [-0.1, -0.05) is 0 Å². The number of aliphatic carboxylic acids is 1. The Balaban J connectivity index is 2.73. The van der Waals surface area contributed by atoms with Crippen LogP contribution in [0.4, 0.5) is 4.79 Å². The number of rotatable bonds is 5. The van der Waals surface area contributed by atoms with Crippen LogP contribution in [0.25, 0.3) is 0 Å². The highest BCUT2D eigenvalue weighted by atomic mass is 16.5. The molecule has 0 aromatic carbocycles. The first-order valence-electron chi connectivity index (χ1n) is 6.45. The number of carboxylic acids is 1. The van der Waals surface area contributed by atoms with Gasteiger partial charge in [0.05, 0.1) is 19.3 Å². The molecule has 8 heteroatoms. The quantitative estimate of drug-likeness (QED) is 0.690. The van der Waals surface area contributed by atoms with Gasteiger partial charge < -0.3 is 25.0 Å². The van der Waals surface area contributed by atoms with Crippen LogP contribution in [-0.4, -0.2) is 79.3 Å². The minimum Gasteiger partial charge on any atom is -0.481 e. The van der Waals surface area contributed by atoms with Crippen LogP contribution >= 0.6 is 0 Å². The zero-order chi connectivity index (χ0) is 15.3. The highest BCUT2D eigenvalue weighted by Crippen LogP contribution is 2.20. The van der Waals surface area contributed by atoms with E-state index in [0.717, 1.165) is 0 Å². The number of likely N-dealkylation sites (N-methyl/N-ethyl adjacent to an activating group) is 3. The number of urea groups is 1. The normalized spacial score (nSPS) is 21.4. The van der Waals surface area contributed by atoms with Crippen LogP contribution in [0.2, 0.25) is 0 Å². The highest BCUT2D eigenvalue weighted by Gasteiger charge is 2.39. The maximum absolute atomic E-state index is 12.3. The fraction of sp³-hybridized carbons (Fsp3) is 0.750. The van der Waals surface area contributed by atoms with E-state index in [1.165, 1.54) is 23.9 Å². The van der Waals surface area contributed by atoms with Gasteiger partial charge in [0, 0.05) is 20.6 Å². The molecule has 1 aliphatic rings. The molecule has 2 N–H and O–H groups in total. The molecule has 1 rings (SSSR count). The standard InChI is InChI=1S/C12H21N3O5/c1-4-15(5-10(16)13-2)12(19)14(3)9-7-20-6-8(9)11(17)18/h8-9H,4-7H2,1-3H3,(H,13,16)(H,17,18). The van der Waals surface area contributed by atoms with E-state index in [9.17, 15) is 14.4 Å². The molecule has 1 aliphatic heterocycles. The van der Waals surface area contributed by atoms with E-state index in [2.05, 4.69) is 5.32 Å². The summed E-state index contributed by atoms with van der Waals surface area (Å²) in [5, 5.41) is 11.5. The number of hydrogen-bond donors (Lipinski definition) is 2. The maximum Gasteiger partial charge on any atom is 0.320 e. The number of carbonyl (C=O) groups is 3. The van der Waals surface area contributed by atoms with Gasteiger partial charge in [0.15, 0.2) is 0 Å². The Morgan fingerprint density at radius 3 is 2.50 bits per heavy atom. The van der Waals surface area contributed by atoms with Crippen LogP contribution in [0.1, 0.15) is 6.92 Å². The zero-order valence-electron chi connectivity index (χ0n) is 12.0. The Labute approximate surface area is 117 Å². The second kappa shape index (κ2) is 7.09. The predicted octanol–water partition coefficient (Wildman–Crippen LogP) is -0.794. The van der Waals surface area contributed by atoms with E-state index in [4.69, 9.17) is 9.84 Å². The molecule has 1 fully saturated rings. The molecule has 0 aliphatic carbocycles. The van der Waals surface area contributed by atoms with E-state index in [1.54, 1.807) is 6.92 Å². The lowest BCUT2D eigenvalue weighted by Gasteiger charge is -2.31. The first-order valence-corrected chi connectivity index (χ1v) is 6.45. The van der Waals surface area contributed by atoms with Gasteiger partial charge in [-0.05, 0) is 6.92 Å². The lowest BCUT2D eigenvalue weighted by molar-refractivity contribution is -0.142. The third kappa shape index (κ3) is 3.60. The van der Waals surface area contributed by atoms with Gasteiger partial charge in [-0.3, -0.25) is 9.59 Å². The molecule has 1 heterocycles. The maximum atomic E-state index is 12.3. The van der Waals surface area contributed by atoms with Gasteiger partial charge >= 0.3 is 12.0 Å². The van der Waals surface area contributed by atoms with E-state index < -0.39 is 17.9 Å². The first-order chi connectivity index (χ1) is 9.42. The molecule has 8 nitrogen and oxygen atoms in total. The number of carboxylic acid groups (broad SMARTS) is 1. The molecule has 2 atom stereocenters. The molecule has 0 saturated carbocycles. The van der Waals surface area contributed by atoms with E-state index >= 15 is 0 Å². The van der Waals surface area contributed by atoms with Crippen LogP contribution < -0.4 is 5.32 Å². The van der Waals surface area contributed by atoms with Crippen molar-refractivity contribution in [2.24, 2.45) is 5.92 Å². The molecule has 0 aromatic heterocycles. The topological polar surface area (TPSA) is 99.2 Å². The molecule has 3 amide bonds. The average molecular weight is 287 g/mol. The van der Waals surface area contributed by atoms with Gasteiger partial charge in [-0.15, -0.1) is 0 Å². The molecule has 1 saturated heterocycles. The molecule has 0 radical (unpaired) electrons. The number of nitrogens with one attached hydrogen (secondary N) is 1. The highest BCUT2D eigenvalue weighted by molar-refractivity contribution is 5.84. The van der Waals surface area contributed by atoms with Gasteiger partial charge in [-0.2, -0.15) is 0 Å². The Morgan fingerprint density at radius 1 is 1.35 bits per heavy atom. The third-order valence-electron chi connectivity index (χ3n) is 3.43. The number of hydrogen-bond acceptors (Lipinski definition) is 4. The van der Waals surface area contributed by atoms with Crippen molar-refractivity contribution < 1.29 is 24.2 Å². The summed E-state index contributed by atoms with van der Waals surface area (Å²) in [5.74, 6) is -1.99. The van der Waals surface area contributed by atoms with Crippen LogP contribution in [0, 0.1) is 5.92 Å². The third-order valence-corrected chi connectivity index (χ3v) is 3.43. The van der Waals surface area contributed by atoms with Gasteiger partial charge in [0.25, 0.3) is 0 Å². The Morgan fingerprint density at radius 2 is 2.00 bits per heavy atom. The second-order valence-electron chi connectivity index (χ2n) is 4.63. The van der Waals surface area contributed by atoms with Crippen LogP contribution in [0.3, 0.4) is 0 Å². The largest absolute Gasteiger partial charge is 0.481 e. The smallest absolute Gasteiger partial charge is 0.320 e. The SMILES string of the molecule is CCN(CC(=O)NC)C(=O)N(C)C1COCC1C(=O)O. The lowest BCUT2D eigenvalue weighted by Crippen LogP contribution is -2.51. The zero-order valence-corrected chi connectivity index (χ0v) is 12.0. The summed E-state index contributed by atoms with van der Waals surface area (Å²) in [7, 11) is 3.03. The summed E-state index contributed by atoms with van der Waals surface area (Å²) < 4.78 is 5.15. The minimum absolute atomic E-state index is 0.0541. The average Bonchev–Trinajstić information content (AvgIpc) is 2.92. The molecular weight excluding hydrogens is 266 g/mol. The molecule has 114 valence electrons. The van der Waals surface area contributed by atoms with Crippen LogP contribution in [0.15, 0.2) is 0 Å². The number of nitrogens with zero attached hydrogens (tertiary/aromatic N) is 2. The molecule has 20 heavy (non-hydrogen) atoms. The summed E-state index contributed by atoms with van der Waals surface area (Å²) in [6.07, 6.45) is 0. The van der Waals surface area contributed by atoms with Crippen molar-refractivity contribution in [3.8, 4) is 0 Å². The van der Waals surface area contributed by atoms with Gasteiger partial charge in [-0.25, -0.2) is 4.79 Å². The summed E-state index contributed by atoms with van der Waals surface area (Å²) in [6, 6.07) is -0.892. The molecular formula is C12H21N3O5. The monoisotopic (exact) mass is 287 g/mol. The fourth-order valence-corrected chi connectivity index (χ4v) is 2.09. The first kappa shape index (κ1) is 16.2. The summed E-state index contributed by atoms with van der Waals surface area (Å²) in [4.78, 5) is 37.5. The van der Waals surface area contributed by atoms with Crippen molar-refractivity contribution in [1.82, 2.24) is 15.1 Å². The fourth-order valence-electron chi connectivity index (χ4n) is 2.09. The molecule has 0 aromatic rings. The number of amides is 3. The van der Waals surface area contributed by atoms with E-state index in [1.807, 2.05) is 0 Å². The summed E-state index contributed by atoms with van der Waals surface area (Å²) in [5.41, 5.74) is 0. The van der Waals surface area contributed by atoms with E-state index in [0.29, 0.717) is 6.54 Å². The van der Waals surface area contributed by atoms with Gasteiger partial charge in [0.1, 0.15) is 12.5 Å². The molecule has 0 spiro atoms. The van der Waals surface area contributed by atoms with E-state index in [-0.39, 0.29) is 31.7 Å². The Hall–Kier alpha value is -1.83. The number of carbonyl (C=O) groups excluding carboxylic acids is 2. The van der Waals surface area contributed by atoms with Crippen molar-refractivity contribution >= 4 is 17.9 Å². The van der Waals surface area contributed by atoms with Crippen LogP contribution in [-0.2, 0) is 14.3 Å². The van der Waals surface area contributed by atoms with Crippen molar-refractivity contribution in [1.29, 1.82) is 0 Å². The Bertz CT molecular complexity index is 387. The van der Waals surface area contributed by atoms with Crippen molar-refractivity contribution in [3.63, 3.8) is 0 Å². The summed E-state index contributed by atoms with van der Waals surface area (Å²) >= 11 is 0. The molecule has 2 unspecified atom stereocenters.